The molecule has 0 amide bonds. The highest BCUT2D eigenvalue weighted by molar-refractivity contribution is 5.86. The van der Waals surface area contributed by atoms with E-state index in [0.717, 1.165) is 18.6 Å². The number of methoxy groups -OCH3 is 1. The van der Waals surface area contributed by atoms with Crippen molar-refractivity contribution in [2.45, 2.75) is 38.6 Å². The molecule has 1 N–H and O–H groups in total. The Bertz CT molecular complexity index is 602. The van der Waals surface area contributed by atoms with Crippen LogP contribution in [-0.4, -0.2) is 36.6 Å². The van der Waals surface area contributed by atoms with Crippen molar-refractivity contribution in [1.82, 2.24) is 9.88 Å². The number of benzene rings is 1. The molecule has 20 heavy (non-hydrogen) atoms. The van der Waals surface area contributed by atoms with Gasteiger partial charge in [0.2, 0.25) is 0 Å². The van der Waals surface area contributed by atoms with Gasteiger partial charge in [0.1, 0.15) is 5.75 Å². The van der Waals surface area contributed by atoms with Gasteiger partial charge in [0.15, 0.2) is 0 Å². The van der Waals surface area contributed by atoms with Crippen molar-refractivity contribution in [3.8, 4) is 5.75 Å². The number of nitrogens with zero attached hydrogens (tertiary/aromatic N) is 1. The number of nitrogens with one attached hydrogen (secondary N) is 1. The minimum Gasteiger partial charge on any atom is -0.497 e. The molecular formula is C17H24N2O. The molecule has 1 saturated heterocycles. The van der Waals surface area contributed by atoms with Crippen LogP contribution in [0.5, 0.6) is 5.75 Å². The highest BCUT2D eigenvalue weighted by atomic mass is 16.5. The van der Waals surface area contributed by atoms with Gasteiger partial charge in [0, 0.05) is 22.6 Å². The van der Waals surface area contributed by atoms with Crippen LogP contribution < -0.4 is 4.74 Å². The SMILES string of the molecule is CCc1[nH]c2ccc(OC)cc2c1C[C@H]1CCCN1C. The number of ether oxygens (including phenoxy) is 1. The molecule has 1 aliphatic heterocycles. The fourth-order valence-corrected chi connectivity index (χ4v) is 3.42. The van der Waals surface area contributed by atoms with Crippen LogP contribution in [0.3, 0.4) is 0 Å². The number of hydrogen-bond donors (Lipinski definition) is 1. The fourth-order valence-electron chi connectivity index (χ4n) is 3.42. The minimum atomic E-state index is 0.686. The molecule has 0 unspecified atom stereocenters. The molecule has 2 heterocycles. The molecule has 1 aromatic heterocycles. The average molecular weight is 272 g/mol. The maximum absolute atomic E-state index is 5.39. The van der Waals surface area contributed by atoms with Crippen molar-refractivity contribution in [2.24, 2.45) is 0 Å². The van der Waals surface area contributed by atoms with Crippen molar-refractivity contribution in [1.29, 1.82) is 0 Å². The monoisotopic (exact) mass is 272 g/mol. The molecule has 1 aliphatic rings. The predicted octanol–water partition coefficient (Wildman–Crippen LogP) is 3.38. The lowest BCUT2D eigenvalue weighted by Gasteiger charge is -2.19. The van der Waals surface area contributed by atoms with Crippen molar-refractivity contribution in [3.63, 3.8) is 0 Å². The molecule has 2 aromatic rings. The zero-order valence-corrected chi connectivity index (χ0v) is 12.7. The van der Waals surface area contributed by atoms with Crippen LogP contribution >= 0.6 is 0 Å². The second-order valence-electron chi connectivity index (χ2n) is 5.83. The molecule has 108 valence electrons. The Morgan fingerprint density at radius 2 is 2.25 bits per heavy atom. The van der Waals surface area contributed by atoms with Gasteiger partial charge in [0.05, 0.1) is 7.11 Å². The molecule has 0 bridgehead atoms. The molecule has 3 rings (SSSR count). The van der Waals surface area contributed by atoms with Gasteiger partial charge in [-0.1, -0.05) is 6.92 Å². The van der Waals surface area contributed by atoms with E-state index in [0.29, 0.717) is 6.04 Å². The maximum atomic E-state index is 5.39. The van der Waals surface area contributed by atoms with E-state index < -0.39 is 0 Å². The van der Waals surface area contributed by atoms with Gasteiger partial charge in [-0.05, 0) is 63.0 Å². The van der Waals surface area contributed by atoms with Crippen molar-refractivity contribution < 1.29 is 4.74 Å². The predicted molar refractivity (Wildman–Crippen MR) is 83.6 cm³/mol. The van der Waals surface area contributed by atoms with Crippen molar-refractivity contribution >= 4 is 10.9 Å². The average Bonchev–Trinajstić information content (AvgIpc) is 3.03. The van der Waals surface area contributed by atoms with Gasteiger partial charge >= 0.3 is 0 Å². The maximum Gasteiger partial charge on any atom is 0.119 e. The van der Waals surface area contributed by atoms with Crippen LogP contribution in [0.15, 0.2) is 18.2 Å². The first-order chi connectivity index (χ1) is 9.72. The Kier molecular flexibility index (Phi) is 3.70. The van der Waals surface area contributed by atoms with E-state index in [-0.39, 0.29) is 0 Å². The number of H-pyrrole nitrogens is 1. The van der Waals surface area contributed by atoms with Gasteiger partial charge in [-0.2, -0.15) is 0 Å². The Hall–Kier alpha value is -1.48. The van der Waals surface area contributed by atoms with Gasteiger partial charge in [-0.15, -0.1) is 0 Å². The molecule has 1 aromatic carbocycles. The topological polar surface area (TPSA) is 28.3 Å². The van der Waals surface area contributed by atoms with E-state index in [1.54, 1.807) is 7.11 Å². The lowest BCUT2D eigenvalue weighted by molar-refractivity contribution is 0.309. The van der Waals surface area contributed by atoms with Crippen molar-refractivity contribution in [2.75, 3.05) is 20.7 Å². The molecule has 3 heteroatoms. The number of rotatable bonds is 4. The molecule has 1 fully saturated rings. The van der Waals surface area contributed by atoms with E-state index in [9.17, 15) is 0 Å². The Labute approximate surface area is 120 Å². The Morgan fingerprint density at radius 3 is 2.90 bits per heavy atom. The van der Waals surface area contributed by atoms with E-state index in [1.165, 1.54) is 41.5 Å². The molecule has 3 nitrogen and oxygen atoms in total. The van der Waals surface area contributed by atoms with Crippen LogP contribution in [0.25, 0.3) is 10.9 Å². The highest BCUT2D eigenvalue weighted by Crippen LogP contribution is 2.30. The summed E-state index contributed by atoms with van der Waals surface area (Å²) >= 11 is 0. The molecular weight excluding hydrogens is 248 g/mol. The summed E-state index contributed by atoms with van der Waals surface area (Å²) < 4.78 is 5.39. The molecule has 0 saturated carbocycles. The first kappa shape index (κ1) is 13.5. The zero-order chi connectivity index (χ0) is 14.1. The van der Waals surface area contributed by atoms with Crippen LogP contribution in [0.4, 0.5) is 0 Å². The van der Waals surface area contributed by atoms with E-state index in [1.807, 2.05) is 6.07 Å². The number of likely N-dealkylation sites (tertiary alicyclic amines) is 1. The third-order valence-electron chi connectivity index (χ3n) is 4.67. The number of aromatic amines is 1. The quantitative estimate of drug-likeness (QED) is 0.924. The standard InChI is InChI=1S/C17H24N2O/c1-4-16-14(10-12-6-5-9-19(12)2)15-11-13(20-3)7-8-17(15)18-16/h7-8,11-12,18H,4-6,9-10H2,1-3H3/t12-/m1/s1. The van der Waals surface area contributed by atoms with Gasteiger partial charge in [-0.3, -0.25) is 0 Å². The van der Waals surface area contributed by atoms with Crippen LogP contribution in [-0.2, 0) is 12.8 Å². The summed E-state index contributed by atoms with van der Waals surface area (Å²) in [4.78, 5) is 6.08. The summed E-state index contributed by atoms with van der Waals surface area (Å²) in [5, 5.41) is 1.33. The van der Waals surface area contributed by atoms with Crippen LogP contribution in [0, 0.1) is 0 Å². The van der Waals surface area contributed by atoms with E-state index >= 15 is 0 Å². The van der Waals surface area contributed by atoms with Crippen LogP contribution in [0.1, 0.15) is 31.0 Å². The second-order valence-corrected chi connectivity index (χ2v) is 5.83. The smallest absolute Gasteiger partial charge is 0.119 e. The number of aromatic nitrogens is 1. The summed E-state index contributed by atoms with van der Waals surface area (Å²) in [5.74, 6) is 0.945. The third kappa shape index (κ3) is 2.31. The summed E-state index contributed by atoms with van der Waals surface area (Å²) in [5.41, 5.74) is 4.10. The molecule has 0 radical (unpaired) electrons. The first-order valence-electron chi connectivity index (χ1n) is 7.60. The first-order valence-corrected chi connectivity index (χ1v) is 7.60. The molecule has 0 spiro atoms. The summed E-state index contributed by atoms with van der Waals surface area (Å²) in [6.07, 6.45) is 4.85. The van der Waals surface area contributed by atoms with E-state index in [4.69, 9.17) is 4.74 Å². The fraction of sp³-hybridized carbons (Fsp3) is 0.529. The largest absolute Gasteiger partial charge is 0.497 e. The van der Waals surface area contributed by atoms with Gasteiger partial charge in [0.25, 0.3) is 0 Å². The lowest BCUT2D eigenvalue weighted by Crippen LogP contribution is -2.27. The number of hydrogen-bond acceptors (Lipinski definition) is 2. The summed E-state index contributed by atoms with van der Waals surface area (Å²) in [6, 6.07) is 7.03. The van der Waals surface area contributed by atoms with Gasteiger partial charge < -0.3 is 14.6 Å². The lowest BCUT2D eigenvalue weighted by atomic mass is 10.00. The van der Waals surface area contributed by atoms with E-state index in [2.05, 4.69) is 36.0 Å². The van der Waals surface area contributed by atoms with Crippen LogP contribution in [0.2, 0.25) is 0 Å². The third-order valence-corrected chi connectivity index (χ3v) is 4.67. The molecule has 0 aliphatic carbocycles. The highest BCUT2D eigenvalue weighted by Gasteiger charge is 2.23. The molecule has 1 atom stereocenters. The second kappa shape index (κ2) is 5.49. The Morgan fingerprint density at radius 1 is 1.40 bits per heavy atom. The Balaban J connectivity index is 2.01. The minimum absolute atomic E-state index is 0.686. The van der Waals surface area contributed by atoms with Gasteiger partial charge in [-0.25, -0.2) is 0 Å². The number of fused-ring (bicyclic) bond motifs is 1. The number of aryl methyl sites for hydroxylation is 1. The number of likely N-dealkylation sites (N-methyl/N-ethyl adjacent to an activating group) is 1. The zero-order valence-electron chi connectivity index (χ0n) is 12.7. The summed E-state index contributed by atoms with van der Waals surface area (Å²) in [6.45, 7) is 3.46. The van der Waals surface area contributed by atoms with Crippen molar-refractivity contribution in [3.05, 3.63) is 29.5 Å². The summed E-state index contributed by atoms with van der Waals surface area (Å²) in [7, 11) is 3.98. The normalized spacial score (nSPS) is 19.9.